The first-order valence-corrected chi connectivity index (χ1v) is 11.4. The molecule has 3 rings (SSSR count). The number of hydrogen-bond donors (Lipinski definition) is 2. The van der Waals surface area contributed by atoms with Gasteiger partial charge in [-0.05, 0) is 46.6 Å². The molecule has 1 aromatic carbocycles. The normalized spacial score (nSPS) is 11.9. The van der Waals surface area contributed by atoms with Gasteiger partial charge < -0.3 is 10.3 Å². The van der Waals surface area contributed by atoms with Crippen LogP contribution in [-0.2, 0) is 14.8 Å². The van der Waals surface area contributed by atoms with Gasteiger partial charge in [-0.25, -0.2) is 22.7 Å². The minimum atomic E-state index is -3.57. The number of aromatic nitrogens is 3. The SMILES string of the molecule is Cc1ccc(S(=O)(=O)N(C)C)cc1NC(=O)CSc1nc2ncc(Br)cc2[nH]1. The quantitative estimate of drug-likeness (QED) is 0.521. The van der Waals surface area contributed by atoms with Gasteiger partial charge in [-0.15, -0.1) is 0 Å². The Hall–Kier alpha value is -1.95. The van der Waals surface area contributed by atoms with Gasteiger partial charge in [-0.3, -0.25) is 4.79 Å². The number of carbonyl (C=O) groups excluding carboxylic acids is 1. The number of hydrogen-bond acceptors (Lipinski definition) is 6. The molecule has 1 amide bonds. The number of rotatable bonds is 6. The number of imidazole rings is 1. The number of H-pyrrole nitrogens is 1. The maximum absolute atomic E-state index is 12.3. The van der Waals surface area contributed by atoms with E-state index in [4.69, 9.17) is 0 Å². The van der Waals surface area contributed by atoms with Crippen molar-refractivity contribution in [3.05, 3.63) is 40.5 Å². The summed E-state index contributed by atoms with van der Waals surface area (Å²) in [4.78, 5) is 24.1. The highest BCUT2D eigenvalue weighted by Gasteiger charge is 2.19. The van der Waals surface area contributed by atoms with Crippen LogP contribution in [0.15, 0.2) is 45.0 Å². The standard InChI is InChI=1S/C17H18BrN5O3S2/c1-10-4-5-12(28(25,26)23(2)3)7-13(10)20-15(24)9-27-17-21-14-6-11(18)8-19-16(14)22-17/h4-8H,9H2,1-3H3,(H,20,24)(H,19,21,22). The summed E-state index contributed by atoms with van der Waals surface area (Å²) >= 11 is 4.59. The second kappa shape index (κ2) is 8.19. The summed E-state index contributed by atoms with van der Waals surface area (Å²) in [5.74, 6) is -0.146. The summed E-state index contributed by atoms with van der Waals surface area (Å²) in [7, 11) is -0.648. The summed E-state index contributed by atoms with van der Waals surface area (Å²) in [6.45, 7) is 1.80. The van der Waals surface area contributed by atoms with Crippen molar-refractivity contribution < 1.29 is 13.2 Å². The largest absolute Gasteiger partial charge is 0.331 e. The molecule has 0 saturated heterocycles. The van der Waals surface area contributed by atoms with E-state index in [1.807, 2.05) is 6.07 Å². The monoisotopic (exact) mass is 483 g/mol. The number of sulfonamides is 1. The highest BCUT2D eigenvalue weighted by atomic mass is 79.9. The molecule has 0 aliphatic rings. The van der Waals surface area contributed by atoms with Crippen LogP contribution in [0, 0.1) is 6.92 Å². The maximum Gasteiger partial charge on any atom is 0.242 e. The number of nitrogens with one attached hydrogen (secondary N) is 2. The van der Waals surface area contributed by atoms with E-state index in [2.05, 4.69) is 36.2 Å². The average molecular weight is 484 g/mol. The van der Waals surface area contributed by atoms with Crippen LogP contribution in [0.25, 0.3) is 11.2 Å². The second-order valence-corrected chi connectivity index (χ2v) is 10.2. The molecule has 8 nitrogen and oxygen atoms in total. The fourth-order valence-electron chi connectivity index (χ4n) is 2.35. The lowest BCUT2D eigenvalue weighted by molar-refractivity contribution is -0.113. The van der Waals surface area contributed by atoms with Gasteiger partial charge in [0.15, 0.2) is 10.8 Å². The summed E-state index contributed by atoms with van der Waals surface area (Å²) < 4.78 is 26.5. The molecule has 148 valence electrons. The predicted octanol–water partition coefficient (Wildman–Crippen LogP) is 3.01. The van der Waals surface area contributed by atoms with Gasteiger partial charge in [0.1, 0.15) is 0 Å². The first kappa shape index (κ1) is 20.8. The van der Waals surface area contributed by atoms with Crippen molar-refractivity contribution in [3.63, 3.8) is 0 Å². The van der Waals surface area contributed by atoms with Crippen molar-refractivity contribution in [1.82, 2.24) is 19.3 Å². The van der Waals surface area contributed by atoms with Gasteiger partial charge in [0.2, 0.25) is 15.9 Å². The number of benzene rings is 1. The zero-order valence-corrected chi connectivity index (χ0v) is 18.6. The topological polar surface area (TPSA) is 108 Å². The number of aryl methyl sites for hydroxylation is 1. The van der Waals surface area contributed by atoms with Gasteiger partial charge in [0.25, 0.3) is 0 Å². The third-order valence-corrected chi connectivity index (χ3v) is 7.00. The van der Waals surface area contributed by atoms with Gasteiger partial charge >= 0.3 is 0 Å². The van der Waals surface area contributed by atoms with E-state index in [0.29, 0.717) is 16.5 Å². The molecule has 3 aromatic rings. The Labute approximate surface area is 175 Å². The van der Waals surface area contributed by atoms with E-state index in [-0.39, 0.29) is 16.6 Å². The molecule has 0 unspecified atom stereocenters. The van der Waals surface area contributed by atoms with Crippen LogP contribution in [0.3, 0.4) is 0 Å². The zero-order valence-electron chi connectivity index (χ0n) is 15.4. The molecule has 0 fully saturated rings. The lowest BCUT2D eigenvalue weighted by atomic mass is 10.2. The van der Waals surface area contributed by atoms with Crippen LogP contribution < -0.4 is 5.32 Å². The molecule has 11 heteroatoms. The Morgan fingerprint density at radius 3 is 2.79 bits per heavy atom. The summed E-state index contributed by atoms with van der Waals surface area (Å²) in [6.07, 6.45) is 1.65. The lowest BCUT2D eigenvalue weighted by Crippen LogP contribution is -2.22. The highest BCUT2D eigenvalue weighted by Crippen LogP contribution is 2.24. The molecule has 2 aromatic heterocycles. The molecule has 0 aliphatic carbocycles. The van der Waals surface area contributed by atoms with Crippen molar-refractivity contribution in [2.45, 2.75) is 17.0 Å². The van der Waals surface area contributed by atoms with Crippen LogP contribution in [0.5, 0.6) is 0 Å². The fraction of sp³-hybridized carbons (Fsp3) is 0.235. The number of amides is 1. The molecule has 0 radical (unpaired) electrons. The van der Waals surface area contributed by atoms with Crippen LogP contribution in [0.4, 0.5) is 5.69 Å². The second-order valence-electron chi connectivity index (χ2n) is 6.17. The van der Waals surface area contributed by atoms with E-state index < -0.39 is 10.0 Å². The average Bonchev–Trinajstić information content (AvgIpc) is 3.03. The molecule has 2 N–H and O–H groups in total. The van der Waals surface area contributed by atoms with Crippen LogP contribution in [0.2, 0.25) is 0 Å². The van der Waals surface area contributed by atoms with E-state index >= 15 is 0 Å². The first-order valence-electron chi connectivity index (χ1n) is 8.14. The van der Waals surface area contributed by atoms with E-state index in [1.54, 1.807) is 19.2 Å². The number of pyridine rings is 1. The van der Waals surface area contributed by atoms with Crippen LogP contribution in [-0.4, -0.2) is 53.4 Å². The third-order valence-electron chi connectivity index (χ3n) is 3.88. The van der Waals surface area contributed by atoms with Gasteiger partial charge in [-0.1, -0.05) is 17.8 Å². The molecule has 0 spiro atoms. The summed E-state index contributed by atoms with van der Waals surface area (Å²) in [5.41, 5.74) is 2.58. The van der Waals surface area contributed by atoms with Crippen molar-refractivity contribution in [3.8, 4) is 0 Å². The van der Waals surface area contributed by atoms with Crippen molar-refractivity contribution in [2.24, 2.45) is 0 Å². The van der Waals surface area contributed by atoms with Crippen molar-refractivity contribution in [2.75, 3.05) is 25.2 Å². The number of fused-ring (bicyclic) bond motifs is 1. The molecule has 0 bridgehead atoms. The van der Waals surface area contributed by atoms with Crippen LogP contribution >= 0.6 is 27.7 Å². The lowest BCUT2D eigenvalue weighted by Gasteiger charge is -2.14. The first-order chi connectivity index (χ1) is 13.2. The Morgan fingerprint density at radius 1 is 1.32 bits per heavy atom. The number of aromatic amines is 1. The molecular weight excluding hydrogens is 466 g/mol. The van der Waals surface area contributed by atoms with E-state index in [1.165, 1.54) is 38.0 Å². The number of nitrogens with zero attached hydrogens (tertiary/aromatic N) is 3. The van der Waals surface area contributed by atoms with E-state index in [0.717, 1.165) is 19.9 Å². The van der Waals surface area contributed by atoms with Crippen LogP contribution in [0.1, 0.15) is 5.56 Å². The predicted molar refractivity (Wildman–Crippen MR) is 113 cm³/mol. The molecule has 0 atom stereocenters. The Kier molecular flexibility index (Phi) is 6.08. The molecule has 0 saturated carbocycles. The Morgan fingerprint density at radius 2 is 2.07 bits per heavy atom. The number of anilines is 1. The number of thioether (sulfide) groups is 1. The summed E-state index contributed by atoms with van der Waals surface area (Å²) in [5, 5.41) is 3.35. The van der Waals surface area contributed by atoms with Gasteiger partial charge in [-0.2, -0.15) is 0 Å². The van der Waals surface area contributed by atoms with Crippen molar-refractivity contribution >= 4 is 60.5 Å². The van der Waals surface area contributed by atoms with Gasteiger partial charge in [0, 0.05) is 30.5 Å². The Bertz CT molecular complexity index is 1140. The Balaban J connectivity index is 1.70. The minimum Gasteiger partial charge on any atom is -0.331 e. The third kappa shape index (κ3) is 4.54. The number of carbonyl (C=O) groups is 1. The molecule has 28 heavy (non-hydrogen) atoms. The smallest absolute Gasteiger partial charge is 0.242 e. The zero-order chi connectivity index (χ0) is 20.5. The van der Waals surface area contributed by atoms with Gasteiger partial charge in [0.05, 0.1) is 16.2 Å². The maximum atomic E-state index is 12.3. The number of halogens is 1. The van der Waals surface area contributed by atoms with E-state index in [9.17, 15) is 13.2 Å². The summed E-state index contributed by atoms with van der Waals surface area (Å²) in [6, 6.07) is 6.52. The fourth-order valence-corrected chi connectivity index (χ4v) is 4.28. The molecular formula is C17H18BrN5O3S2. The highest BCUT2D eigenvalue weighted by molar-refractivity contribution is 9.10. The minimum absolute atomic E-state index is 0.116. The molecule has 0 aliphatic heterocycles. The van der Waals surface area contributed by atoms with Crippen molar-refractivity contribution in [1.29, 1.82) is 0 Å². The molecule has 2 heterocycles.